The monoisotopic (exact) mass is 298 g/mol. The zero-order valence-corrected chi connectivity index (χ0v) is 12.8. The second-order valence-corrected chi connectivity index (χ2v) is 7.88. The maximum atomic E-state index is 10.2. The fourth-order valence-corrected chi connectivity index (χ4v) is 6.54. The van der Waals surface area contributed by atoms with Crippen LogP contribution in [0, 0.1) is 0 Å². The predicted octanol–water partition coefficient (Wildman–Crippen LogP) is 2.64. The Labute approximate surface area is 122 Å². The Balaban J connectivity index is 2.21. The first kappa shape index (κ1) is 13.5. The molecule has 2 aliphatic rings. The van der Waals surface area contributed by atoms with Gasteiger partial charge in [0, 0.05) is 35.5 Å². The summed E-state index contributed by atoms with van der Waals surface area (Å²) in [7, 11) is 3.40. The average Bonchev–Trinajstić information content (AvgIpc) is 2.86. The third-order valence-corrected chi connectivity index (χ3v) is 7.21. The lowest BCUT2D eigenvalue weighted by Crippen LogP contribution is -2.32. The molecule has 1 fully saturated rings. The van der Waals surface area contributed by atoms with E-state index in [4.69, 9.17) is 9.47 Å². The molecule has 0 amide bonds. The first-order valence-corrected chi connectivity index (χ1v) is 8.37. The average molecular weight is 298 g/mol. The van der Waals surface area contributed by atoms with Crippen molar-refractivity contribution in [1.82, 2.24) is 0 Å². The first-order valence-electron chi connectivity index (χ1n) is 6.40. The van der Waals surface area contributed by atoms with E-state index >= 15 is 0 Å². The third-order valence-electron chi connectivity index (χ3n) is 3.75. The highest BCUT2D eigenvalue weighted by Gasteiger charge is 2.46. The highest BCUT2D eigenvalue weighted by atomic mass is 32.2. The number of hydrogen-bond acceptors (Lipinski definition) is 5. The van der Waals surface area contributed by atoms with Gasteiger partial charge >= 0.3 is 0 Å². The topological polar surface area (TPSA) is 38.7 Å². The highest BCUT2D eigenvalue weighted by molar-refractivity contribution is 8.20. The van der Waals surface area contributed by atoms with Gasteiger partial charge in [-0.3, -0.25) is 0 Å². The normalized spacial score (nSPS) is 24.3. The molecule has 19 heavy (non-hydrogen) atoms. The highest BCUT2D eigenvalue weighted by Crippen LogP contribution is 2.61. The van der Waals surface area contributed by atoms with Crippen LogP contribution in [0.3, 0.4) is 0 Å². The second kappa shape index (κ2) is 5.11. The molecule has 1 aromatic carbocycles. The molecule has 0 aromatic heterocycles. The van der Waals surface area contributed by atoms with Gasteiger partial charge in [0.15, 0.2) is 0 Å². The molecule has 5 heteroatoms. The first-order chi connectivity index (χ1) is 9.20. The smallest absolute Gasteiger partial charge is 0.124 e. The van der Waals surface area contributed by atoms with E-state index in [1.165, 1.54) is 5.56 Å². The largest absolute Gasteiger partial charge is 0.496 e. The minimum absolute atomic E-state index is 0.0626. The Bertz CT molecular complexity index is 484. The fraction of sp³-hybridized carbons (Fsp3) is 0.571. The number of benzene rings is 1. The van der Waals surface area contributed by atoms with Crippen LogP contribution in [0.1, 0.15) is 17.5 Å². The molecule has 1 saturated heterocycles. The molecule has 3 nitrogen and oxygen atoms in total. The lowest BCUT2D eigenvalue weighted by Gasteiger charge is -2.38. The molecule has 3 rings (SSSR count). The van der Waals surface area contributed by atoms with Gasteiger partial charge in [-0.05, 0) is 12.1 Å². The van der Waals surface area contributed by atoms with Gasteiger partial charge in [0.25, 0.3) is 0 Å². The van der Waals surface area contributed by atoms with Gasteiger partial charge in [-0.15, -0.1) is 23.5 Å². The van der Waals surface area contributed by atoms with E-state index in [-0.39, 0.29) is 10.2 Å². The molecule has 1 N–H and O–H groups in total. The van der Waals surface area contributed by atoms with Crippen LogP contribution in [0.5, 0.6) is 11.5 Å². The van der Waals surface area contributed by atoms with E-state index in [0.717, 1.165) is 35.0 Å². The zero-order chi connectivity index (χ0) is 13.5. The van der Waals surface area contributed by atoms with E-state index in [0.29, 0.717) is 6.42 Å². The van der Waals surface area contributed by atoms with Crippen LogP contribution in [0.25, 0.3) is 0 Å². The Hall–Kier alpha value is -0.520. The number of hydrogen-bond donors (Lipinski definition) is 1. The van der Waals surface area contributed by atoms with Crippen molar-refractivity contribution >= 4 is 23.5 Å². The van der Waals surface area contributed by atoms with E-state index in [1.807, 2.05) is 35.7 Å². The molecule has 0 bridgehead atoms. The minimum atomic E-state index is -0.299. The number of aliphatic hydroxyl groups is 1. The molecule has 0 unspecified atom stereocenters. The molecule has 104 valence electrons. The summed E-state index contributed by atoms with van der Waals surface area (Å²) in [6.07, 6.45) is 1.14. The Morgan fingerprint density at radius 1 is 1.16 bits per heavy atom. The van der Waals surface area contributed by atoms with Gasteiger partial charge in [0.05, 0.1) is 24.4 Å². The number of ether oxygens (including phenoxy) is 2. The summed E-state index contributed by atoms with van der Waals surface area (Å²) >= 11 is 3.86. The predicted molar refractivity (Wildman–Crippen MR) is 80.5 cm³/mol. The minimum Gasteiger partial charge on any atom is -0.496 e. The van der Waals surface area contributed by atoms with Gasteiger partial charge in [0.2, 0.25) is 0 Å². The van der Waals surface area contributed by atoms with Crippen LogP contribution in [-0.4, -0.2) is 36.9 Å². The Kier molecular flexibility index (Phi) is 3.62. The molecule has 1 aliphatic heterocycles. The van der Waals surface area contributed by atoms with Gasteiger partial charge < -0.3 is 14.6 Å². The molecule has 1 atom stereocenters. The molecule has 0 saturated carbocycles. The van der Waals surface area contributed by atoms with Gasteiger partial charge in [-0.1, -0.05) is 0 Å². The molecule has 1 aliphatic carbocycles. The van der Waals surface area contributed by atoms with Gasteiger partial charge in [-0.2, -0.15) is 0 Å². The molecule has 1 spiro atoms. The van der Waals surface area contributed by atoms with Crippen molar-refractivity contribution < 1.29 is 14.6 Å². The molecule has 0 radical (unpaired) electrons. The summed E-state index contributed by atoms with van der Waals surface area (Å²) < 4.78 is 11.0. The van der Waals surface area contributed by atoms with Crippen LogP contribution in [0.15, 0.2) is 12.1 Å². The quantitative estimate of drug-likeness (QED) is 0.909. The van der Waals surface area contributed by atoms with Crippen molar-refractivity contribution in [3.8, 4) is 11.5 Å². The molecule has 1 aromatic rings. The van der Waals surface area contributed by atoms with Crippen LogP contribution >= 0.6 is 23.5 Å². The third kappa shape index (κ3) is 2.12. The van der Waals surface area contributed by atoms with E-state index in [9.17, 15) is 5.11 Å². The molecular weight excluding hydrogens is 280 g/mol. The summed E-state index contributed by atoms with van der Waals surface area (Å²) in [5.41, 5.74) is 2.34. The zero-order valence-electron chi connectivity index (χ0n) is 11.1. The standard InChI is InChI=1S/C14H18O3S2/c1-16-11-3-4-12(17-2)13-10(11)7-9(15)8-14(13)18-5-6-19-14/h3-4,9,15H,5-8H2,1-2H3/t9-/m0/s1. The maximum absolute atomic E-state index is 10.2. The maximum Gasteiger partial charge on any atom is 0.124 e. The van der Waals surface area contributed by atoms with Crippen molar-refractivity contribution in [1.29, 1.82) is 0 Å². The summed E-state index contributed by atoms with van der Waals surface area (Å²) in [6.45, 7) is 0. The number of methoxy groups -OCH3 is 2. The number of fused-ring (bicyclic) bond motifs is 2. The van der Waals surface area contributed by atoms with Crippen LogP contribution < -0.4 is 9.47 Å². The lowest BCUT2D eigenvalue weighted by molar-refractivity contribution is 0.151. The van der Waals surface area contributed by atoms with Gasteiger partial charge in [0.1, 0.15) is 11.5 Å². The fourth-order valence-electron chi connectivity index (χ4n) is 3.03. The Morgan fingerprint density at radius 2 is 1.79 bits per heavy atom. The van der Waals surface area contributed by atoms with E-state index in [1.54, 1.807) is 14.2 Å². The van der Waals surface area contributed by atoms with Crippen LogP contribution in [0.4, 0.5) is 0 Å². The van der Waals surface area contributed by atoms with E-state index in [2.05, 4.69) is 0 Å². The van der Waals surface area contributed by atoms with Crippen molar-refractivity contribution in [2.75, 3.05) is 25.7 Å². The second-order valence-electron chi connectivity index (χ2n) is 4.84. The van der Waals surface area contributed by atoms with Crippen LogP contribution in [0.2, 0.25) is 0 Å². The van der Waals surface area contributed by atoms with Crippen LogP contribution in [-0.2, 0) is 10.5 Å². The SMILES string of the molecule is COc1ccc(OC)c2c1C[C@H](O)CC21SCCS1. The van der Waals surface area contributed by atoms with Crippen molar-refractivity contribution in [2.24, 2.45) is 0 Å². The van der Waals surface area contributed by atoms with E-state index < -0.39 is 0 Å². The number of aliphatic hydroxyl groups excluding tert-OH is 1. The number of thioether (sulfide) groups is 2. The lowest BCUT2D eigenvalue weighted by atomic mass is 9.87. The molecular formula is C14H18O3S2. The van der Waals surface area contributed by atoms with Crippen molar-refractivity contribution in [3.05, 3.63) is 23.3 Å². The van der Waals surface area contributed by atoms with Crippen molar-refractivity contribution in [2.45, 2.75) is 23.0 Å². The summed E-state index contributed by atoms with van der Waals surface area (Å²) in [5, 5.41) is 10.2. The Morgan fingerprint density at radius 3 is 2.42 bits per heavy atom. The van der Waals surface area contributed by atoms with Gasteiger partial charge in [-0.25, -0.2) is 0 Å². The summed E-state index contributed by atoms with van der Waals surface area (Å²) in [5.74, 6) is 4.03. The summed E-state index contributed by atoms with van der Waals surface area (Å²) in [4.78, 5) is 0. The summed E-state index contributed by atoms with van der Waals surface area (Å²) in [6, 6.07) is 3.92. The van der Waals surface area contributed by atoms with Crippen molar-refractivity contribution in [3.63, 3.8) is 0 Å². The number of rotatable bonds is 2. The molecule has 1 heterocycles.